The Labute approximate surface area is 187 Å². The zero-order valence-corrected chi connectivity index (χ0v) is 19.1. The van der Waals surface area contributed by atoms with Crippen LogP contribution in [-0.2, 0) is 17.9 Å². The second kappa shape index (κ2) is 10.1. The molecule has 0 saturated carbocycles. The van der Waals surface area contributed by atoms with E-state index in [1.807, 2.05) is 48.7 Å². The molecule has 29 heavy (non-hydrogen) atoms. The van der Waals surface area contributed by atoms with Gasteiger partial charge in [-0.3, -0.25) is 4.79 Å². The number of anilines is 1. The second-order valence-electron chi connectivity index (χ2n) is 6.21. The van der Waals surface area contributed by atoms with Gasteiger partial charge in [0.2, 0.25) is 5.91 Å². The first-order valence-electron chi connectivity index (χ1n) is 8.95. The maximum atomic E-state index is 12.3. The Morgan fingerprint density at radius 1 is 1.28 bits per heavy atom. The van der Waals surface area contributed by atoms with Crippen LogP contribution in [0.3, 0.4) is 0 Å². The molecule has 1 heterocycles. The minimum Gasteiger partial charge on any atom is -0.486 e. The molecule has 1 amide bonds. The largest absolute Gasteiger partial charge is 0.486 e. The molecule has 1 N–H and O–H groups in total. The fraction of sp³-hybridized carbons (Fsp3) is 0.250. The third kappa shape index (κ3) is 5.98. The van der Waals surface area contributed by atoms with Gasteiger partial charge in [-0.25, -0.2) is 0 Å². The first kappa shape index (κ1) is 21.7. The van der Waals surface area contributed by atoms with E-state index in [1.165, 1.54) is 11.8 Å². The van der Waals surface area contributed by atoms with E-state index in [1.54, 1.807) is 12.1 Å². The number of hydrogen-bond acceptors (Lipinski definition) is 5. The van der Waals surface area contributed by atoms with Crippen molar-refractivity contribution in [1.29, 1.82) is 0 Å². The molecule has 3 aromatic rings. The van der Waals surface area contributed by atoms with Crippen molar-refractivity contribution in [2.24, 2.45) is 0 Å². The van der Waals surface area contributed by atoms with Crippen LogP contribution in [0.1, 0.15) is 18.3 Å². The summed E-state index contributed by atoms with van der Waals surface area (Å²) in [6, 6.07) is 13.2. The van der Waals surface area contributed by atoms with Crippen molar-refractivity contribution in [3.63, 3.8) is 0 Å². The van der Waals surface area contributed by atoms with E-state index in [-0.39, 0.29) is 11.7 Å². The van der Waals surface area contributed by atoms with Crippen molar-refractivity contribution in [2.45, 2.75) is 32.2 Å². The highest BCUT2D eigenvalue weighted by molar-refractivity contribution is 9.10. The molecule has 0 aliphatic heterocycles. The summed E-state index contributed by atoms with van der Waals surface area (Å²) in [6.45, 7) is 5.02. The van der Waals surface area contributed by atoms with Gasteiger partial charge >= 0.3 is 0 Å². The number of nitrogens with one attached hydrogen (secondary N) is 1. The first-order chi connectivity index (χ1) is 14.0. The number of carbonyl (C=O) groups is 1. The van der Waals surface area contributed by atoms with Gasteiger partial charge < -0.3 is 14.6 Å². The molecule has 2 aromatic carbocycles. The van der Waals surface area contributed by atoms with Crippen LogP contribution in [0.4, 0.5) is 5.69 Å². The van der Waals surface area contributed by atoms with E-state index >= 15 is 0 Å². The van der Waals surface area contributed by atoms with Gasteiger partial charge in [0.25, 0.3) is 0 Å². The van der Waals surface area contributed by atoms with Gasteiger partial charge in [-0.15, -0.1) is 10.2 Å². The Morgan fingerprint density at radius 3 is 2.83 bits per heavy atom. The minimum absolute atomic E-state index is 0.164. The smallest absolute Gasteiger partial charge is 0.234 e. The fourth-order valence-electron chi connectivity index (χ4n) is 2.61. The van der Waals surface area contributed by atoms with Gasteiger partial charge in [0.05, 0.1) is 16.5 Å². The van der Waals surface area contributed by atoms with Crippen LogP contribution in [0.15, 0.2) is 52.1 Å². The summed E-state index contributed by atoms with van der Waals surface area (Å²) in [6.07, 6.45) is 0. The van der Waals surface area contributed by atoms with Crippen LogP contribution in [-0.4, -0.2) is 26.4 Å². The molecule has 0 bridgehead atoms. The van der Waals surface area contributed by atoms with Gasteiger partial charge in [-0.05, 0) is 49.7 Å². The van der Waals surface area contributed by atoms with E-state index < -0.39 is 0 Å². The molecule has 0 aliphatic rings. The number of nitrogens with zero attached hydrogens (tertiary/aromatic N) is 3. The third-order valence-electron chi connectivity index (χ3n) is 4.00. The van der Waals surface area contributed by atoms with Gasteiger partial charge in [0.1, 0.15) is 12.4 Å². The van der Waals surface area contributed by atoms with Gasteiger partial charge in [0.15, 0.2) is 11.0 Å². The number of aryl methyl sites for hydroxylation is 1. The van der Waals surface area contributed by atoms with Crippen molar-refractivity contribution in [2.75, 3.05) is 11.1 Å². The molecule has 3 rings (SSSR count). The number of aromatic nitrogens is 3. The summed E-state index contributed by atoms with van der Waals surface area (Å²) >= 11 is 10.8. The number of benzene rings is 2. The molecule has 9 heteroatoms. The predicted octanol–water partition coefficient (Wildman–Crippen LogP) is 5.33. The van der Waals surface area contributed by atoms with Gasteiger partial charge in [-0.2, -0.15) is 0 Å². The standard InChI is InChI=1S/C20H20BrClN4O2S/c1-3-26-18(11-28-15-6-4-5-13(2)9-15)24-25-20(26)29-12-19(27)23-17-8-7-14(21)10-16(17)22/h4-10H,3,11-12H2,1-2H3,(H,23,27). The van der Waals surface area contributed by atoms with Gasteiger partial charge in [0, 0.05) is 11.0 Å². The number of hydrogen-bond donors (Lipinski definition) is 1. The molecule has 0 atom stereocenters. The lowest BCUT2D eigenvalue weighted by molar-refractivity contribution is -0.113. The highest BCUT2D eigenvalue weighted by atomic mass is 79.9. The average molecular weight is 496 g/mol. The summed E-state index contributed by atoms with van der Waals surface area (Å²) in [7, 11) is 0. The molecular formula is C20H20BrClN4O2S. The molecule has 0 spiro atoms. The molecule has 1 aromatic heterocycles. The van der Waals surface area contributed by atoms with Crippen molar-refractivity contribution >= 4 is 50.9 Å². The molecule has 152 valence electrons. The van der Waals surface area contributed by atoms with Crippen LogP contribution in [0.2, 0.25) is 5.02 Å². The van der Waals surface area contributed by atoms with Crippen LogP contribution < -0.4 is 10.1 Å². The summed E-state index contributed by atoms with van der Waals surface area (Å²) < 4.78 is 8.62. The Bertz CT molecular complexity index is 1010. The quantitative estimate of drug-likeness (QED) is 0.428. The number of rotatable bonds is 8. The molecule has 0 unspecified atom stereocenters. The lowest BCUT2D eigenvalue weighted by Gasteiger charge is -2.10. The SMILES string of the molecule is CCn1c(COc2cccc(C)c2)nnc1SCC(=O)Nc1ccc(Br)cc1Cl. The monoisotopic (exact) mass is 494 g/mol. The van der Waals surface area contributed by atoms with Crippen LogP contribution in [0, 0.1) is 6.92 Å². The molecule has 0 saturated heterocycles. The lowest BCUT2D eigenvalue weighted by Crippen LogP contribution is -2.15. The number of amides is 1. The zero-order chi connectivity index (χ0) is 20.8. The van der Waals surface area contributed by atoms with E-state index in [0.29, 0.717) is 34.8 Å². The Balaban J connectivity index is 1.58. The fourth-order valence-corrected chi connectivity index (χ4v) is 4.15. The topological polar surface area (TPSA) is 69.0 Å². The maximum absolute atomic E-state index is 12.3. The molecular weight excluding hydrogens is 476 g/mol. The van der Waals surface area contributed by atoms with Crippen LogP contribution >= 0.6 is 39.3 Å². The summed E-state index contributed by atoms with van der Waals surface area (Å²) in [5.74, 6) is 1.54. The normalized spacial score (nSPS) is 10.8. The van der Waals surface area contributed by atoms with Crippen molar-refractivity contribution in [3.8, 4) is 5.75 Å². The number of halogens is 2. The zero-order valence-electron chi connectivity index (χ0n) is 16.0. The maximum Gasteiger partial charge on any atom is 0.234 e. The molecule has 6 nitrogen and oxygen atoms in total. The summed E-state index contributed by atoms with van der Waals surface area (Å²) in [5, 5.41) is 12.4. The van der Waals surface area contributed by atoms with Crippen molar-refractivity contribution < 1.29 is 9.53 Å². The molecule has 0 fully saturated rings. The average Bonchev–Trinajstić information content (AvgIpc) is 3.09. The van der Waals surface area contributed by atoms with E-state index in [2.05, 4.69) is 31.4 Å². The highest BCUT2D eigenvalue weighted by Crippen LogP contribution is 2.26. The van der Waals surface area contributed by atoms with Crippen LogP contribution in [0.25, 0.3) is 0 Å². The summed E-state index contributed by atoms with van der Waals surface area (Å²) in [4.78, 5) is 12.3. The Kier molecular flexibility index (Phi) is 7.57. The third-order valence-corrected chi connectivity index (χ3v) is 5.78. The van der Waals surface area contributed by atoms with E-state index in [0.717, 1.165) is 15.8 Å². The lowest BCUT2D eigenvalue weighted by atomic mass is 10.2. The number of ether oxygens (including phenoxy) is 1. The Hall–Kier alpha value is -2.03. The number of carbonyl (C=O) groups excluding carboxylic acids is 1. The van der Waals surface area contributed by atoms with Crippen molar-refractivity contribution in [1.82, 2.24) is 14.8 Å². The summed E-state index contributed by atoms with van der Waals surface area (Å²) in [5.41, 5.74) is 1.71. The molecule has 0 radical (unpaired) electrons. The number of thioether (sulfide) groups is 1. The molecule has 0 aliphatic carbocycles. The van der Waals surface area contributed by atoms with Crippen molar-refractivity contribution in [3.05, 3.63) is 63.3 Å². The highest BCUT2D eigenvalue weighted by Gasteiger charge is 2.14. The van der Waals surface area contributed by atoms with Crippen LogP contribution in [0.5, 0.6) is 5.75 Å². The predicted molar refractivity (Wildman–Crippen MR) is 120 cm³/mol. The van der Waals surface area contributed by atoms with Gasteiger partial charge in [-0.1, -0.05) is 51.4 Å². The minimum atomic E-state index is -0.164. The Morgan fingerprint density at radius 2 is 2.10 bits per heavy atom. The van der Waals surface area contributed by atoms with E-state index in [4.69, 9.17) is 16.3 Å². The van der Waals surface area contributed by atoms with E-state index in [9.17, 15) is 4.79 Å². The first-order valence-corrected chi connectivity index (χ1v) is 11.1. The second-order valence-corrected chi connectivity index (χ2v) is 8.47.